The van der Waals surface area contributed by atoms with Crippen LogP contribution in [0.5, 0.6) is 0 Å². The summed E-state index contributed by atoms with van der Waals surface area (Å²) in [6, 6.07) is 6.63. The molecule has 0 aromatic carbocycles. The molecule has 0 saturated heterocycles. The van der Waals surface area contributed by atoms with Crippen LogP contribution in [-0.2, 0) is 11.3 Å². The molecule has 0 fully saturated rings. The first kappa shape index (κ1) is 11.1. The zero-order chi connectivity index (χ0) is 12.3. The van der Waals surface area contributed by atoms with E-state index < -0.39 is 5.97 Å². The molecule has 2 heterocycles. The van der Waals surface area contributed by atoms with E-state index in [-0.39, 0.29) is 12.1 Å². The number of aliphatic carboxylic acids is 1. The minimum absolute atomic E-state index is 0.333. The van der Waals surface area contributed by atoms with Crippen molar-refractivity contribution in [3.05, 3.63) is 53.2 Å². The van der Waals surface area contributed by atoms with Crippen molar-refractivity contribution in [3.63, 3.8) is 0 Å². The second kappa shape index (κ2) is 4.61. The van der Waals surface area contributed by atoms with Gasteiger partial charge in [0.15, 0.2) is 0 Å². The van der Waals surface area contributed by atoms with Crippen LogP contribution in [-0.4, -0.2) is 20.6 Å². The molecule has 2 aromatic heterocycles. The van der Waals surface area contributed by atoms with Gasteiger partial charge in [0.1, 0.15) is 6.54 Å². The number of hydrogen-bond donors (Lipinski definition) is 1. The number of aromatic nitrogens is 2. The predicted molar refractivity (Wildman–Crippen MR) is 61.6 cm³/mol. The fourth-order valence-electron chi connectivity index (χ4n) is 1.50. The molecule has 5 nitrogen and oxygen atoms in total. The second-order valence-electron chi connectivity index (χ2n) is 3.52. The molecule has 0 atom stereocenters. The number of carboxylic acids is 1. The van der Waals surface area contributed by atoms with Gasteiger partial charge >= 0.3 is 5.97 Å². The third-order valence-corrected chi connectivity index (χ3v) is 2.28. The molecule has 0 aliphatic heterocycles. The first-order valence-corrected chi connectivity index (χ1v) is 4.99. The maximum Gasteiger partial charge on any atom is 0.323 e. The summed E-state index contributed by atoms with van der Waals surface area (Å²) < 4.78 is 1.16. The van der Waals surface area contributed by atoms with E-state index in [9.17, 15) is 9.59 Å². The van der Waals surface area contributed by atoms with Gasteiger partial charge in [-0.2, -0.15) is 0 Å². The first-order chi connectivity index (χ1) is 8.16. The largest absolute Gasteiger partial charge is 0.480 e. The zero-order valence-corrected chi connectivity index (χ0v) is 8.91. The van der Waals surface area contributed by atoms with E-state index in [0.29, 0.717) is 0 Å². The number of hydrogen-bond acceptors (Lipinski definition) is 3. The molecule has 17 heavy (non-hydrogen) atoms. The maximum absolute atomic E-state index is 11.4. The van der Waals surface area contributed by atoms with Crippen molar-refractivity contribution in [2.24, 2.45) is 0 Å². The summed E-state index contributed by atoms with van der Waals surface area (Å²) in [5.74, 6) is -1.05. The summed E-state index contributed by atoms with van der Waals surface area (Å²) in [7, 11) is 0. The summed E-state index contributed by atoms with van der Waals surface area (Å²) in [5, 5.41) is 8.68. The molecule has 0 aliphatic carbocycles. The van der Waals surface area contributed by atoms with Gasteiger partial charge in [-0.05, 0) is 17.7 Å². The van der Waals surface area contributed by atoms with E-state index in [1.165, 1.54) is 12.3 Å². The molecule has 1 N–H and O–H groups in total. The monoisotopic (exact) mass is 230 g/mol. The number of nitrogens with zero attached hydrogens (tertiary/aromatic N) is 2. The summed E-state index contributed by atoms with van der Waals surface area (Å²) in [4.78, 5) is 26.0. The fraction of sp³-hybridized carbons (Fsp3) is 0.0833. The molecule has 2 rings (SSSR count). The Bertz CT molecular complexity index is 590. The number of carboxylic acid groups (broad SMARTS) is 1. The van der Waals surface area contributed by atoms with Gasteiger partial charge in [-0.1, -0.05) is 6.07 Å². The van der Waals surface area contributed by atoms with Crippen molar-refractivity contribution in [3.8, 4) is 11.1 Å². The van der Waals surface area contributed by atoms with E-state index in [4.69, 9.17) is 5.11 Å². The standard InChI is InChI=1S/C12H10N2O3/c15-11-4-3-10(7-14(11)8-12(16)17)9-2-1-5-13-6-9/h1-7H,8H2,(H,16,17). The molecule has 0 amide bonds. The Hall–Kier alpha value is -2.43. The topological polar surface area (TPSA) is 72.2 Å². The highest BCUT2D eigenvalue weighted by atomic mass is 16.4. The summed E-state index contributed by atoms with van der Waals surface area (Å²) >= 11 is 0. The molecule has 5 heteroatoms. The highest BCUT2D eigenvalue weighted by molar-refractivity contribution is 5.67. The minimum Gasteiger partial charge on any atom is -0.480 e. The average molecular weight is 230 g/mol. The van der Waals surface area contributed by atoms with Crippen LogP contribution in [0.25, 0.3) is 11.1 Å². The van der Waals surface area contributed by atoms with Crippen LogP contribution in [0.3, 0.4) is 0 Å². The Balaban J connectivity index is 2.44. The summed E-state index contributed by atoms with van der Waals surface area (Å²) in [5.41, 5.74) is 1.27. The normalized spacial score (nSPS) is 10.1. The molecular weight excluding hydrogens is 220 g/mol. The van der Waals surface area contributed by atoms with E-state index in [0.717, 1.165) is 15.7 Å². The summed E-state index contributed by atoms with van der Waals surface area (Å²) in [6.45, 7) is -0.340. The smallest absolute Gasteiger partial charge is 0.323 e. The molecule has 0 spiro atoms. The Labute approximate surface area is 97.0 Å². The Morgan fingerprint density at radius 2 is 2.12 bits per heavy atom. The molecule has 0 unspecified atom stereocenters. The van der Waals surface area contributed by atoms with Crippen LogP contribution in [0.4, 0.5) is 0 Å². The number of carbonyl (C=O) groups is 1. The molecule has 86 valence electrons. The SMILES string of the molecule is O=C(O)Cn1cc(-c2cccnc2)ccc1=O. The number of rotatable bonds is 3. The third kappa shape index (κ3) is 2.57. The minimum atomic E-state index is -1.05. The van der Waals surface area contributed by atoms with Gasteiger partial charge in [-0.25, -0.2) is 0 Å². The van der Waals surface area contributed by atoms with E-state index in [1.54, 1.807) is 24.5 Å². The highest BCUT2D eigenvalue weighted by Gasteiger charge is 2.04. The van der Waals surface area contributed by atoms with Gasteiger partial charge in [-0.15, -0.1) is 0 Å². The zero-order valence-electron chi connectivity index (χ0n) is 8.91. The maximum atomic E-state index is 11.4. The van der Waals surface area contributed by atoms with Crippen LogP contribution in [0, 0.1) is 0 Å². The van der Waals surface area contributed by atoms with Crippen molar-refractivity contribution in [1.29, 1.82) is 0 Å². The second-order valence-corrected chi connectivity index (χ2v) is 3.52. The van der Waals surface area contributed by atoms with Gasteiger partial charge < -0.3 is 9.67 Å². The lowest BCUT2D eigenvalue weighted by Gasteiger charge is -2.05. The average Bonchev–Trinajstić information content (AvgIpc) is 2.32. The molecule has 0 aliphatic rings. The third-order valence-electron chi connectivity index (χ3n) is 2.28. The van der Waals surface area contributed by atoms with Crippen molar-refractivity contribution in [2.45, 2.75) is 6.54 Å². The molecular formula is C12H10N2O3. The van der Waals surface area contributed by atoms with Gasteiger partial charge in [0.05, 0.1) is 0 Å². The van der Waals surface area contributed by atoms with Crippen LogP contribution in [0.15, 0.2) is 47.7 Å². The molecule has 0 radical (unpaired) electrons. The van der Waals surface area contributed by atoms with Crippen molar-refractivity contribution >= 4 is 5.97 Å². The molecule has 2 aromatic rings. The Morgan fingerprint density at radius 3 is 2.76 bits per heavy atom. The van der Waals surface area contributed by atoms with E-state index in [2.05, 4.69) is 4.98 Å². The van der Waals surface area contributed by atoms with Gasteiger partial charge in [0, 0.05) is 30.2 Å². The Kier molecular flexibility index (Phi) is 3.00. The van der Waals surface area contributed by atoms with Crippen molar-refractivity contribution in [2.75, 3.05) is 0 Å². The highest BCUT2D eigenvalue weighted by Crippen LogP contribution is 2.15. The van der Waals surface area contributed by atoms with Gasteiger partial charge in [0.2, 0.25) is 0 Å². The molecule has 0 saturated carbocycles. The Morgan fingerprint density at radius 1 is 1.29 bits per heavy atom. The first-order valence-electron chi connectivity index (χ1n) is 4.99. The quantitative estimate of drug-likeness (QED) is 0.853. The molecule has 0 bridgehead atoms. The van der Waals surface area contributed by atoms with Crippen LogP contribution >= 0.6 is 0 Å². The van der Waals surface area contributed by atoms with Crippen LogP contribution in [0.2, 0.25) is 0 Å². The van der Waals surface area contributed by atoms with Crippen LogP contribution in [0.1, 0.15) is 0 Å². The van der Waals surface area contributed by atoms with Gasteiger partial charge in [0.25, 0.3) is 5.56 Å². The van der Waals surface area contributed by atoms with Crippen molar-refractivity contribution in [1.82, 2.24) is 9.55 Å². The summed E-state index contributed by atoms with van der Waals surface area (Å²) in [6.07, 6.45) is 4.83. The van der Waals surface area contributed by atoms with E-state index >= 15 is 0 Å². The lowest BCUT2D eigenvalue weighted by molar-refractivity contribution is -0.137. The lowest BCUT2D eigenvalue weighted by Crippen LogP contribution is -2.22. The van der Waals surface area contributed by atoms with Crippen LogP contribution < -0.4 is 5.56 Å². The predicted octanol–water partition coefficient (Wildman–Crippen LogP) is 0.995. The number of pyridine rings is 2. The van der Waals surface area contributed by atoms with E-state index in [1.807, 2.05) is 6.07 Å². The lowest BCUT2D eigenvalue weighted by atomic mass is 10.1. The fourth-order valence-corrected chi connectivity index (χ4v) is 1.50. The van der Waals surface area contributed by atoms with Crippen molar-refractivity contribution < 1.29 is 9.90 Å². The van der Waals surface area contributed by atoms with Gasteiger partial charge in [-0.3, -0.25) is 14.6 Å².